The van der Waals surface area contributed by atoms with Gasteiger partial charge in [0.1, 0.15) is 11.6 Å². The van der Waals surface area contributed by atoms with Crippen molar-refractivity contribution >= 4 is 12.0 Å². The molecule has 1 aliphatic rings. The maximum atomic E-state index is 12.6. The number of carbonyl (C=O) groups excluding carboxylic acids is 1. The SMILES string of the molecule is Cc1cc(C=C(C#N)C(=O)N2CCC(O)CC2)c(C)n1CCC(C)C. The predicted octanol–water partition coefficient (Wildman–Crippen LogP) is 3.04. The Hall–Kier alpha value is -2.06. The van der Waals surface area contributed by atoms with Gasteiger partial charge in [-0.3, -0.25) is 4.79 Å². The fraction of sp³-hybridized carbons (Fsp3) is 0.600. The fourth-order valence-corrected chi connectivity index (χ4v) is 3.24. The zero-order valence-corrected chi connectivity index (χ0v) is 15.7. The number of rotatable bonds is 5. The molecule has 1 N–H and O–H groups in total. The smallest absolute Gasteiger partial charge is 0.264 e. The van der Waals surface area contributed by atoms with E-state index in [9.17, 15) is 15.2 Å². The summed E-state index contributed by atoms with van der Waals surface area (Å²) in [6.07, 6.45) is 3.63. The average Bonchev–Trinajstić information content (AvgIpc) is 2.84. The van der Waals surface area contributed by atoms with Crippen molar-refractivity contribution in [3.8, 4) is 6.07 Å². The Labute approximate surface area is 150 Å². The Balaban J connectivity index is 2.20. The average molecular weight is 343 g/mol. The van der Waals surface area contributed by atoms with Gasteiger partial charge in [0.2, 0.25) is 0 Å². The van der Waals surface area contributed by atoms with Crippen molar-refractivity contribution in [3.63, 3.8) is 0 Å². The number of piperidine rings is 1. The number of hydrogen-bond acceptors (Lipinski definition) is 3. The van der Waals surface area contributed by atoms with Crippen molar-refractivity contribution in [2.45, 2.75) is 59.6 Å². The normalized spacial score (nSPS) is 16.4. The van der Waals surface area contributed by atoms with Gasteiger partial charge in [0.15, 0.2) is 0 Å². The lowest BCUT2D eigenvalue weighted by molar-refractivity contribution is -0.128. The van der Waals surface area contributed by atoms with E-state index in [1.54, 1.807) is 11.0 Å². The van der Waals surface area contributed by atoms with Crippen LogP contribution in [0.4, 0.5) is 0 Å². The highest BCUT2D eigenvalue weighted by atomic mass is 16.3. The van der Waals surface area contributed by atoms with E-state index in [1.165, 1.54) is 0 Å². The summed E-state index contributed by atoms with van der Waals surface area (Å²) in [7, 11) is 0. The topological polar surface area (TPSA) is 69.3 Å². The molecule has 1 fully saturated rings. The molecular weight excluding hydrogens is 314 g/mol. The maximum Gasteiger partial charge on any atom is 0.264 e. The van der Waals surface area contributed by atoms with Crippen LogP contribution in [0, 0.1) is 31.1 Å². The number of aryl methyl sites for hydroxylation is 1. The van der Waals surface area contributed by atoms with E-state index in [2.05, 4.69) is 31.4 Å². The van der Waals surface area contributed by atoms with Crippen molar-refractivity contribution in [1.29, 1.82) is 5.26 Å². The third kappa shape index (κ3) is 4.73. The fourth-order valence-electron chi connectivity index (χ4n) is 3.24. The van der Waals surface area contributed by atoms with E-state index < -0.39 is 0 Å². The largest absolute Gasteiger partial charge is 0.393 e. The molecule has 0 bridgehead atoms. The van der Waals surface area contributed by atoms with E-state index in [0.717, 1.165) is 29.9 Å². The molecule has 136 valence electrons. The summed E-state index contributed by atoms with van der Waals surface area (Å²) in [5.74, 6) is 0.396. The Morgan fingerprint density at radius 1 is 1.40 bits per heavy atom. The number of hydrogen-bond donors (Lipinski definition) is 1. The second kappa shape index (κ2) is 8.35. The Bertz CT molecular complexity index is 687. The van der Waals surface area contributed by atoms with Crippen LogP contribution in [0.15, 0.2) is 11.6 Å². The number of nitrogens with zero attached hydrogens (tertiary/aromatic N) is 3. The van der Waals surface area contributed by atoms with Gasteiger partial charge in [-0.1, -0.05) is 13.8 Å². The molecule has 1 aromatic rings. The quantitative estimate of drug-likeness (QED) is 0.660. The highest BCUT2D eigenvalue weighted by molar-refractivity contribution is 6.01. The van der Waals surface area contributed by atoms with Crippen molar-refractivity contribution in [2.75, 3.05) is 13.1 Å². The number of amides is 1. The van der Waals surface area contributed by atoms with Gasteiger partial charge in [0.25, 0.3) is 5.91 Å². The molecule has 0 unspecified atom stereocenters. The first kappa shape index (κ1) is 19.3. The minimum Gasteiger partial charge on any atom is -0.393 e. The molecule has 0 aliphatic carbocycles. The van der Waals surface area contributed by atoms with Gasteiger partial charge in [0, 0.05) is 31.0 Å². The lowest BCUT2D eigenvalue weighted by atomic mass is 10.1. The van der Waals surface area contributed by atoms with Gasteiger partial charge in [-0.25, -0.2) is 0 Å². The number of nitriles is 1. The van der Waals surface area contributed by atoms with E-state index >= 15 is 0 Å². The number of carbonyl (C=O) groups is 1. The van der Waals surface area contributed by atoms with Crippen molar-refractivity contribution in [2.24, 2.45) is 5.92 Å². The highest BCUT2D eigenvalue weighted by Crippen LogP contribution is 2.21. The lowest BCUT2D eigenvalue weighted by Crippen LogP contribution is -2.40. The van der Waals surface area contributed by atoms with Crippen LogP contribution >= 0.6 is 0 Å². The first-order chi connectivity index (χ1) is 11.8. The zero-order chi connectivity index (χ0) is 18.6. The Morgan fingerprint density at radius 3 is 2.60 bits per heavy atom. The van der Waals surface area contributed by atoms with Gasteiger partial charge >= 0.3 is 0 Å². The Kier molecular flexibility index (Phi) is 6.44. The summed E-state index contributed by atoms with van der Waals surface area (Å²) < 4.78 is 2.25. The lowest BCUT2D eigenvalue weighted by Gasteiger charge is -2.29. The van der Waals surface area contributed by atoms with Gasteiger partial charge in [0.05, 0.1) is 6.10 Å². The third-order valence-electron chi connectivity index (χ3n) is 4.95. The summed E-state index contributed by atoms with van der Waals surface area (Å²) in [6, 6.07) is 4.11. The summed E-state index contributed by atoms with van der Waals surface area (Å²) in [5, 5.41) is 19.0. The predicted molar refractivity (Wildman–Crippen MR) is 98.8 cm³/mol. The van der Waals surface area contributed by atoms with E-state index in [1.807, 2.05) is 13.0 Å². The van der Waals surface area contributed by atoms with Crippen LogP contribution in [0.3, 0.4) is 0 Å². The molecule has 1 saturated heterocycles. The number of aromatic nitrogens is 1. The van der Waals surface area contributed by atoms with Crippen LogP contribution in [0.5, 0.6) is 0 Å². The zero-order valence-electron chi connectivity index (χ0n) is 15.7. The first-order valence-corrected chi connectivity index (χ1v) is 9.09. The number of aliphatic hydroxyl groups is 1. The highest BCUT2D eigenvalue weighted by Gasteiger charge is 2.24. The van der Waals surface area contributed by atoms with Gasteiger partial charge in [-0.05, 0) is 56.7 Å². The van der Waals surface area contributed by atoms with Crippen LogP contribution in [0.25, 0.3) is 6.08 Å². The molecule has 5 nitrogen and oxygen atoms in total. The van der Waals surface area contributed by atoms with Gasteiger partial charge in [-0.2, -0.15) is 5.26 Å². The minimum absolute atomic E-state index is 0.167. The molecule has 1 amide bonds. The second-order valence-corrected chi connectivity index (χ2v) is 7.35. The molecular formula is C20H29N3O2. The van der Waals surface area contributed by atoms with E-state index in [4.69, 9.17) is 0 Å². The van der Waals surface area contributed by atoms with Gasteiger partial charge in [-0.15, -0.1) is 0 Å². The third-order valence-corrected chi connectivity index (χ3v) is 4.95. The molecule has 5 heteroatoms. The maximum absolute atomic E-state index is 12.6. The monoisotopic (exact) mass is 343 g/mol. The van der Waals surface area contributed by atoms with Crippen LogP contribution in [-0.2, 0) is 11.3 Å². The van der Waals surface area contributed by atoms with Crippen LogP contribution < -0.4 is 0 Å². The van der Waals surface area contributed by atoms with Crippen LogP contribution in [0.1, 0.15) is 50.1 Å². The van der Waals surface area contributed by atoms with Gasteiger partial charge < -0.3 is 14.6 Å². The second-order valence-electron chi connectivity index (χ2n) is 7.35. The van der Waals surface area contributed by atoms with Crippen molar-refractivity contribution in [3.05, 3.63) is 28.6 Å². The van der Waals surface area contributed by atoms with Crippen LogP contribution in [-0.4, -0.2) is 39.7 Å². The number of aliphatic hydroxyl groups excluding tert-OH is 1. The molecule has 0 atom stereocenters. The van der Waals surface area contributed by atoms with E-state index in [0.29, 0.717) is 31.8 Å². The minimum atomic E-state index is -0.335. The standard InChI is InChI=1S/C20H29N3O2/c1-14(2)5-10-23-15(3)11-17(16(23)4)12-18(13-21)20(25)22-8-6-19(24)7-9-22/h11-12,14,19,24H,5-10H2,1-4H3. The molecule has 2 heterocycles. The summed E-state index contributed by atoms with van der Waals surface area (Å²) in [5.41, 5.74) is 3.34. The molecule has 1 aliphatic heterocycles. The van der Waals surface area contributed by atoms with Crippen molar-refractivity contribution in [1.82, 2.24) is 9.47 Å². The summed E-state index contributed by atoms with van der Waals surface area (Å²) >= 11 is 0. The molecule has 0 spiro atoms. The molecule has 2 rings (SSSR count). The van der Waals surface area contributed by atoms with Crippen molar-refractivity contribution < 1.29 is 9.90 Å². The molecule has 1 aromatic heterocycles. The number of likely N-dealkylation sites (tertiary alicyclic amines) is 1. The summed E-state index contributed by atoms with van der Waals surface area (Å²) in [4.78, 5) is 14.3. The molecule has 25 heavy (non-hydrogen) atoms. The molecule has 0 saturated carbocycles. The molecule has 0 aromatic carbocycles. The van der Waals surface area contributed by atoms with Crippen LogP contribution in [0.2, 0.25) is 0 Å². The molecule has 0 radical (unpaired) electrons. The summed E-state index contributed by atoms with van der Waals surface area (Å²) in [6.45, 7) is 10.5. The Morgan fingerprint density at radius 2 is 2.04 bits per heavy atom. The van der Waals surface area contributed by atoms with E-state index in [-0.39, 0.29) is 17.6 Å². The first-order valence-electron chi connectivity index (χ1n) is 9.09.